The van der Waals surface area contributed by atoms with Crippen LogP contribution >= 0.6 is 0 Å². The predicted molar refractivity (Wildman–Crippen MR) is 160 cm³/mol. The van der Waals surface area contributed by atoms with E-state index in [4.69, 9.17) is 4.74 Å². The lowest BCUT2D eigenvalue weighted by Gasteiger charge is -2.45. The van der Waals surface area contributed by atoms with E-state index in [1.807, 2.05) is 90.0 Å². The van der Waals surface area contributed by atoms with Crippen LogP contribution in [0.1, 0.15) is 63.8 Å². The fourth-order valence-electron chi connectivity index (χ4n) is 5.84. The normalized spacial score (nSPS) is 20.3. The van der Waals surface area contributed by atoms with Crippen LogP contribution in [-0.2, 0) is 27.2 Å². The van der Waals surface area contributed by atoms with Gasteiger partial charge in [-0.25, -0.2) is 0 Å². The topological polar surface area (TPSA) is 91.0 Å². The second-order valence-corrected chi connectivity index (χ2v) is 13.2. The molecule has 222 valence electrons. The zero-order chi connectivity index (χ0) is 29.9. The van der Waals surface area contributed by atoms with E-state index >= 15 is 0 Å². The standard InChI is InChI=1S/C33H46N4O4/c1-21(2)18-27-30(38)34-28(25-19-23-10-8-9-11-24(23)20-25)32(40)37(27)29(31(39)35-33(3,4)5)22-12-14-26(15-13-22)41-17-16-36(6)7/h8-15,21,25,27-29H,16-20H2,1-7H3,(H,34,38)(H,35,39)/t27-,28-,29-/m1/s1. The maximum absolute atomic E-state index is 14.5. The average Bonchev–Trinajstić information content (AvgIpc) is 3.31. The third kappa shape index (κ3) is 7.47. The first-order valence-electron chi connectivity index (χ1n) is 14.7. The summed E-state index contributed by atoms with van der Waals surface area (Å²) >= 11 is 0. The van der Waals surface area contributed by atoms with Crippen LogP contribution < -0.4 is 15.4 Å². The molecule has 3 amide bonds. The number of piperazine rings is 1. The molecule has 1 heterocycles. The number of hydrogen-bond donors (Lipinski definition) is 2. The molecule has 1 aliphatic heterocycles. The molecule has 8 heteroatoms. The summed E-state index contributed by atoms with van der Waals surface area (Å²) in [4.78, 5) is 45.8. The zero-order valence-electron chi connectivity index (χ0n) is 25.6. The molecule has 0 bridgehead atoms. The number of nitrogens with one attached hydrogen (secondary N) is 2. The second kappa shape index (κ2) is 12.6. The molecular weight excluding hydrogens is 516 g/mol. The lowest BCUT2D eigenvalue weighted by atomic mass is 9.87. The molecule has 0 radical (unpaired) electrons. The van der Waals surface area contributed by atoms with E-state index in [-0.39, 0.29) is 29.6 Å². The van der Waals surface area contributed by atoms with Crippen molar-refractivity contribution < 1.29 is 19.1 Å². The number of ether oxygens (including phenoxy) is 1. The lowest BCUT2D eigenvalue weighted by Crippen LogP contribution is -2.67. The summed E-state index contributed by atoms with van der Waals surface area (Å²) in [5.41, 5.74) is 2.55. The molecule has 1 aliphatic carbocycles. The smallest absolute Gasteiger partial charge is 0.247 e. The number of amides is 3. The van der Waals surface area contributed by atoms with E-state index in [0.29, 0.717) is 37.2 Å². The summed E-state index contributed by atoms with van der Waals surface area (Å²) in [7, 11) is 3.98. The Morgan fingerprint density at radius 3 is 2.20 bits per heavy atom. The van der Waals surface area contributed by atoms with Gasteiger partial charge in [0.15, 0.2) is 0 Å². The molecule has 0 unspecified atom stereocenters. The number of rotatable bonds is 10. The van der Waals surface area contributed by atoms with Crippen molar-refractivity contribution in [3.8, 4) is 5.75 Å². The van der Waals surface area contributed by atoms with Gasteiger partial charge in [-0.1, -0.05) is 50.2 Å². The van der Waals surface area contributed by atoms with Crippen LogP contribution in [0.15, 0.2) is 48.5 Å². The maximum Gasteiger partial charge on any atom is 0.247 e. The van der Waals surface area contributed by atoms with Crippen LogP contribution in [-0.4, -0.2) is 72.4 Å². The second-order valence-electron chi connectivity index (χ2n) is 13.2. The molecule has 41 heavy (non-hydrogen) atoms. The monoisotopic (exact) mass is 562 g/mol. The molecule has 1 saturated heterocycles. The summed E-state index contributed by atoms with van der Waals surface area (Å²) in [5, 5.41) is 6.16. The SMILES string of the molecule is CC(C)C[C@@H]1C(=O)N[C@H](C2Cc3ccccc3C2)C(=O)N1[C@@H](C(=O)NC(C)(C)C)c1ccc(OCCN(C)C)cc1. The number of nitrogens with zero attached hydrogens (tertiary/aromatic N) is 2. The van der Waals surface area contributed by atoms with Gasteiger partial charge in [0.25, 0.3) is 0 Å². The minimum absolute atomic E-state index is 0.0647. The van der Waals surface area contributed by atoms with Crippen molar-refractivity contribution in [3.63, 3.8) is 0 Å². The van der Waals surface area contributed by atoms with Crippen LogP contribution in [0, 0.1) is 11.8 Å². The summed E-state index contributed by atoms with van der Waals surface area (Å²) in [6.07, 6.45) is 1.89. The first kappa shape index (κ1) is 30.6. The highest BCUT2D eigenvalue weighted by atomic mass is 16.5. The summed E-state index contributed by atoms with van der Waals surface area (Å²) in [6, 6.07) is 13.1. The van der Waals surface area contributed by atoms with Crippen molar-refractivity contribution in [2.24, 2.45) is 11.8 Å². The largest absolute Gasteiger partial charge is 0.492 e. The van der Waals surface area contributed by atoms with Crippen molar-refractivity contribution in [2.45, 2.75) is 77.5 Å². The van der Waals surface area contributed by atoms with E-state index in [0.717, 1.165) is 6.54 Å². The van der Waals surface area contributed by atoms with Crippen LogP contribution in [0.4, 0.5) is 0 Å². The fourth-order valence-corrected chi connectivity index (χ4v) is 5.84. The Balaban J connectivity index is 1.70. The number of benzene rings is 2. The molecule has 4 rings (SSSR count). The minimum atomic E-state index is -0.960. The molecule has 1 fully saturated rings. The van der Waals surface area contributed by atoms with Crippen molar-refractivity contribution in [3.05, 3.63) is 65.2 Å². The third-order valence-corrected chi connectivity index (χ3v) is 7.73. The number of carbonyl (C=O) groups excluding carboxylic acids is 3. The Morgan fingerprint density at radius 1 is 1.05 bits per heavy atom. The Morgan fingerprint density at radius 2 is 1.66 bits per heavy atom. The Labute approximate surface area is 244 Å². The highest BCUT2D eigenvalue weighted by Crippen LogP contribution is 2.36. The van der Waals surface area contributed by atoms with E-state index in [1.54, 1.807) is 4.90 Å². The van der Waals surface area contributed by atoms with Gasteiger partial charge in [-0.2, -0.15) is 0 Å². The molecule has 8 nitrogen and oxygen atoms in total. The average molecular weight is 563 g/mol. The zero-order valence-corrected chi connectivity index (χ0v) is 25.6. The van der Waals surface area contributed by atoms with E-state index < -0.39 is 23.7 Å². The molecule has 0 aromatic heterocycles. The molecule has 3 atom stereocenters. The molecule has 2 aromatic carbocycles. The number of fused-ring (bicyclic) bond motifs is 1. The maximum atomic E-state index is 14.5. The molecular formula is C33H46N4O4. The van der Waals surface area contributed by atoms with Crippen LogP contribution in [0.2, 0.25) is 0 Å². The van der Waals surface area contributed by atoms with Crippen molar-refractivity contribution >= 4 is 17.7 Å². The van der Waals surface area contributed by atoms with E-state index in [2.05, 4.69) is 22.8 Å². The Bertz CT molecular complexity index is 1210. The van der Waals surface area contributed by atoms with Gasteiger partial charge in [-0.05, 0) is 94.8 Å². The number of carbonyl (C=O) groups is 3. The van der Waals surface area contributed by atoms with Gasteiger partial charge in [0.2, 0.25) is 17.7 Å². The minimum Gasteiger partial charge on any atom is -0.492 e. The Kier molecular flexibility index (Phi) is 9.42. The molecule has 0 spiro atoms. The third-order valence-electron chi connectivity index (χ3n) is 7.73. The lowest BCUT2D eigenvalue weighted by molar-refractivity contribution is -0.158. The molecule has 2 N–H and O–H groups in total. The van der Waals surface area contributed by atoms with Gasteiger partial charge in [-0.15, -0.1) is 0 Å². The molecule has 0 saturated carbocycles. The summed E-state index contributed by atoms with van der Waals surface area (Å²) in [6.45, 7) is 11.1. The molecule has 2 aliphatic rings. The van der Waals surface area contributed by atoms with Crippen molar-refractivity contribution in [2.75, 3.05) is 27.2 Å². The summed E-state index contributed by atoms with van der Waals surface area (Å²) in [5.74, 6) is 0.0693. The van der Waals surface area contributed by atoms with Gasteiger partial charge in [0, 0.05) is 12.1 Å². The van der Waals surface area contributed by atoms with Gasteiger partial charge in [-0.3, -0.25) is 14.4 Å². The fraction of sp³-hybridized carbons (Fsp3) is 0.545. The highest BCUT2D eigenvalue weighted by molar-refractivity contribution is 6.00. The van der Waals surface area contributed by atoms with Crippen LogP contribution in [0.5, 0.6) is 5.75 Å². The van der Waals surface area contributed by atoms with Gasteiger partial charge in [0.05, 0.1) is 0 Å². The Hall–Kier alpha value is -3.39. The quantitative estimate of drug-likeness (QED) is 0.461. The first-order chi connectivity index (χ1) is 19.3. The highest BCUT2D eigenvalue weighted by Gasteiger charge is 2.49. The van der Waals surface area contributed by atoms with Gasteiger partial charge >= 0.3 is 0 Å². The predicted octanol–water partition coefficient (Wildman–Crippen LogP) is 3.74. The van der Waals surface area contributed by atoms with Crippen molar-refractivity contribution in [1.29, 1.82) is 0 Å². The first-order valence-corrected chi connectivity index (χ1v) is 14.7. The summed E-state index contributed by atoms with van der Waals surface area (Å²) < 4.78 is 5.88. The van der Waals surface area contributed by atoms with Gasteiger partial charge in [0.1, 0.15) is 30.5 Å². The van der Waals surface area contributed by atoms with Crippen LogP contribution in [0.3, 0.4) is 0 Å². The number of likely N-dealkylation sites (N-methyl/N-ethyl adjacent to an activating group) is 1. The van der Waals surface area contributed by atoms with E-state index in [1.165, 1.54) is 11.1 Å². The van der Waals surface area contributed by atoms with Crippen LogP contribution in [0.25, 0.3) is 0 Å². The number of hydrogen-bond acceptors (Lipinski definition) is 5. The van der Waals surface area contributed by atoms with Gasteiger partial charge < -0.3 is 25.2 Å². The van der Waals surface area contributed by atoms with E-state index in [9.17, 15) is 14.4 Å². The van der Waals surface area contributed by atoms with Crippen molar-refractivity contribution in [1.82, 2.24) is 20.4 Å². The molecule has 2 aromatic rings.